The summed E-state index contributed by atoms with van der Waals surface area (Å²) in [5.41, 5.74) is 1.00. The normalized spacial score (nSPS) is 16.8. The third kappa shape index (κ3) is 2.35. The Hall–Kier alpha value is -1.51. The molecule has 0 unspecified atom stereocenters. The fourth-order valence-electron chi connectivity index (χ4n) is 2.32. The lowest BCUT2D eigenvalue weighted by atomic mass is 9.91. The Morgan fingerprint density at radius 3 is 2.83 bits per heavy atom. The quantitative estimate of drug-likeness (QED) is 0.833. The second-order valence-electron chi connectivity index (χ2n) is 5.47. The van der Waals surface area contributed by atoms with E-state index in [4.69, 9.17) is 4.74 Å². The summed E-state index contributed by atoms with van der Waals surface area (Å²) in [4.78, 5) is 11.9. The molecule has 1 aromatic carbocycles. The van der Waals surface area contributed by atoms with E-state index in [9.17, 15) is 9.90 Å². The minimum atomic E-state index is -0.200. The number of carbonyl (C=O) groups is 1. The molecule has 0 spiro atoms. The third-order valence-corrected chi connectivity index (χ3v) is 3.38. The van der Waals surface area contributed by atoms with Gasteiger partial charge in [0, 0.05) is 12.0 Å². The second kappa shape index (κ2) is 4.63. The average Bonchev–Trinajstić information content (AvgIpc) is 2.28. The van der Waals surface area contributed by atoms with Crippen molar-refractivity contribution >= 4 is 5.78 Å². The van der Waals surface area contributed by atoms with Gasteiger partial charge in [0.25, 0.3) is 0 Å². The highest BCUT2D eigenvalue weighted by molar-refractivity contribution is 5.99. The summed E-state index contributed by atoms with van der Waals surface area (Å²) < 4.78 is 5.82. The maximum absolute atomic E-state index is 11.9. The minimum Gasteiger partial charge on any atom is -0.507 e. The van der Waals surface area contributed by atoms with Crippen LogP contribution in [0.4, 0.5) is 0 Å². The van der Waals surface area contributed by atoms with E-state index >= 15 is 0 Å². The van der Waals surface area contributed by atoms with Crippen molar-refractivity contribution in [2.75, 3.05) is 0 Å². The van der Waals surface area contributed by atoms with Gasteiger partial charge in [-0.15, -0.1) is 0 Å². The van der Waals surface area contributed by atoms with Crippen LogP contribution >= 0.6 is 0 Å². The van der Waals surface area contributed by atoms with Gasteiger partial charge in [-0.25, -0.2) is 0 Å². The molecular formula is C15H20O3. The highest BCUT2D eigenvalue weighted by Crippen LogP contribution is 2.39. The van der Waals surface area contributed by atoms with Gasteiger partial charge in [-0.05, 0) is 45.2 Å². The summed E-state index contributed by atoms with van der Waals surface area (Å²) in [6, 6.07) is 3.48. The molecule has 0 aliphatic carbocycles. The van der Waals surface area contributed by atoms with Crippen LogP contribution in [0.5, 0.6) is 11.5 Å². The molecule has 1 aromatic rings. The Bertz CT molecular complexity index is 475. The number of hydrogen-bond acceptors (Lipinski definition) is 3. The molecule has 0 fully saturated rings. The number of ether oxygens (including phenoxy) is 1. The van der Waals surface area contributed by atoms with Gasteiger partial charge in [0.2, 0.25) is 0 Å². The molecule has 0 saturated heterocycles. The summed E-state index contributed by atoms with van der Waals surface area (Å²) in [6.45, 7) is 6.02. The number of benzene rings is 1. The Kier molecular flexibility index (Phi) is 3.33. The summed E-state index contributed by atoms with van der Waals surface area (Å²) in [7, 11) is 0. The van der Waals surface area contributed by atoms with Crippen LogP contribution in [0.25, 0.3) is 0 Å². The maximum Gasteiger partial charge on any atom is 0.166 e. The van der Waals surface area contributed by atoms with E-state index in [1.54, 1.807) is 12.1 Å². The summed E-state index contributed by atoms with van der Waals surface area (Å²) in [5, 5.41) is 10.2. The van der Waals surface area contributed by atoms with Crippen molar-refractivity contribution in [1.82, 2.24) is 0 Å². The fraction of sp³-hybridized carbons (Fsp3) is 0.533. The van der Waals surface area contributed by atoms with Gasteiger partial charge in [-0.3, -0.25) is 4.79 Å². The van der Waals surface area contributed by atoms with Gasteiger partial charge in [0.05, 0.1) is 5.56 Å². The molecule has 3 heteroatoms. The first-order chi connectivity index (χ1) is 8.44. The summed E-state index contributed by atoms with van der Waals surface area (Å²) >= 11 is 0. The Morgan fingerprint density at radius 2 is 2.17 bits per heavy atom. The van der Waals surface area contributed by atoms with E-state index in [0.29, 0.717) is 17.7 Å². The first-order valence-electron chi connectivity index (χ1n) is 6.51. The predicted molar refractivity (Wildman–Crippen MR) is 70.4 cm³/mol. The number of Topliss-reactive ketones (excluding diaryl/α,β-unsaturated/α-hetero) is 1. The number of hydrogen-bond donors (Lipinski definition) is 1. The molecule has 1 heterocycles. The first kappa shape index (κ1) is 12.9. The van der Waals surface area contributed by atoms with E-state index in [0.717, 1.165) is 24.8 Å². The SMILES string of the molecule is CCCC(=O)c1ccc2c(c1O)CCC(C)(C)O2. The largest absolute Gasteiger partial charge is 0.507 e. The zero-order chi connectivity index (χ0) is 13.3. The van der Waals surface area contributed by atoms with Crippen LogP contribution in [0.3, 0.4) is 0 Å². The van der Waals surface area contributed by atoms with Gasteiger partial charge in [0.1, 0.15) is 17.1 Å². The van der Waals surface area contributed by atoms with Gasteiger partial charge >= 0.3 is 0 Å². The van der Waals surface area contributed by atoms with Crippen LogP contribution in [0.15, 0.2) is 12.1 Å². The lowest BCUT2D eigenvalue weighted by molar-refractivity contribution is 0.0835. The standard InChI is InChI=1S/C15H20O3/c1-4-5-12(16)10-6-7-13-11(14(10)17)8-9-15(2,3)18-13/h6-7,17H,4-5,8-9H2,1-3H3. The number of phenols is 1. The molecule has 98 valence electrons. The zero-order valence-corrected chi connectivity index (χ0v) is 11.2. The van der Waals surface area contributed by atoms with Crippen molar-refractivity contribution in [2.45, 2.75) is 52.1 Å². The molecule has 3 nitrogen and oxygen atoms in total. The van der Waals surface area contributed by atoms with Gasteiger partial charge in [-0.2, -0.15) is 0 Å². The molecule has 2 rings (SSSR count). The fourth-order valence-corrected chi connectivity index (χ4v) is 2.32. The summed E-state index contributed by atoms with van der Waals surface area (Å²) in [5.74, 6) is 0.820. The van der Waals surface area contributed by atoms with Crippen LogP contribution in [-0.2, 0) is 6.42 Å². The van der Waals surface area contributed by atoms with Crippen LogP contribution < -0.4 is 4.74 Å². The number of rotatable bonds is 3. The highest BCUT2D eigenvalue weighted by Gasteiger charge is 2.29. The molecule has 0 atom stereocenters. The van der Waals surface area contributed by atoms with Crippen molar-refractivity contribution < 1.29 is 14.6 Å². The van der Waals surface area contributed by atoms with Crippen molar-refractivity contribution in [3.8, 4) is 11.5 Å². The molecule has 0 aromatic heterocycles. The van der Waals surface area contributed by atoms with E-state index in [1.807, 2.05) is 20.8 Å². The van der Waals surface area contributed by atoms with Gasteiger partial charge < -0.3 is 9.84 Å². The number of phenolic OH excluding ortho intramolecular Hbond substituents is 1. The van der Waals surface area contributed by atoms with E-state index in [2.05, 4.69) is 0 Å². The van der Waals surface area contributed by atoms with Crippen LogP contribution in [0, 0.1) is 0 Å². The predicted octanol–water partition coefficient (Wildman–Crippen LogP) is 3.48. The van der Waals surface area contributed by atoms with Gasteiger partial charge in [0.15, 0.2) is 5.78 Å². The van der Waals surface area contributed by atoms with Crippen LogP contribution in [-0.4, -0.2) is 16.5 Å². The Balaban J connectivity index is 2.37. The minimum absolute atomic E-state index is 0.00244. The average molecular weight is 248 g/mol. The first-order valence-corrected chi connectivity index (χ1v) is 6.51. The molecule has 1 aliphatic rings. The lowest BCUT2D eigenvalue weighted by Gasteiger charge is -2.33. The lowest BCUT2D eigenvalue weighted by Crippen LogP contribution is -2.32. The Labute approximate surface area is 108 Å². The second-order valence-corrected chi connectivity index (χ2v) is 5.47. The number of ketones is 1. The number of fused-ring (bicyclic) bond motifs is 1. The highest BCUT2D eigenvalue weighted by atomic mass is 16.5. The smallest absolute Gasteiger partial charge is 0.166 e. The van der Waals surface area contributed by atoms with E-state index in [-0.39, 0.29) is 17.1 Å². The molecule has 0 bridgehead atoms. The molecule has 0 amide bonds. The number of carbonyl (C=O) groups excluding carboxylic acids is 1. The molecule has 0 radical (unpaired) electrons. The third-order valence-electron chi connectivity index (χ3n) is 3.38. The Morgan fingerprint density at radius 1 is 1.44 bits per heavy atom. The van der Waals surface area contributed by atoms with Crippen LogP contribution in [0.1, 0.15) is 56.0 Å². The monoisotopic (exact) mass is 248 g/mol. The van der Waals surface area contributed by atoms with Crippen molar-refractivity contribution in [3.05, 3.63) is 23.3 Å². The van der Waals surface area contributed by atoms with Crippen molar-refractivity contribution in [3.63, 3.8) is 0 Å². The van der Waals surface area contributed by atoms with E-state index < -0.39 is 0 Å². The molecular weight excluding hydrogens is 228 g/mol. The van der Waals surface area contributed by atoms with Crippen molar-refractivity contribution in [2.24, 2.45) is 0 Å². The molecule has 1 N–H and O–H groups in total. The maximum atomic E-state index is 11.9. The zero-order valence-electron chi connectivity index (χ0n) is 11.2. The number of aromatic hydroxyl groups is 1. The summed E-state index contributed by atoms with van der Waals surface area (Å²) in [6.07, 6.45) is 2.86. The molecule has 0 saturated carbocycles. The van der Waals surface area contributed by atoms with E-state index in [1.165, 1.54) is 0 Å². The molecule has 18 heavy (non-hydrogen) atoms. The van der Waals surface area contributed by atoms with Crippen LogP contribution in [0.2, 0.25) is 0 Å². The van der Waals surface area contributed by atoms with Gasteiger partial charge in [-0.1, -0.05) is 6.92 Å². The topological polar surface area (TPSA) is 46.5 Å². The van der Waals surface area contributed by atoms with Crippen molar-refractivity contribution in [1.29, 1.82) is 0 Å². The molecule has 1 aliphatic heterocycles.